The summed E-state index contributed by atoms with van der Waals surface area (Å²) >= 11 is 0. The fraction of sp³-hybridized carbons (Fsp3) is 0.875. The zero-order valence-electron chi connectivity index (χ0n) is 7.59. The van der Waals surface area contributed by atoms with Crippen LogP contribution in [0.2, 0.25) is 0 Å². The Labute approximate surface area is 67.7 Å². The maximum absolute atomic E-state index is 10.7. The van der Waals surface area contributed by atoms with Gasteiger partial charge in [0.1, 0.15) is 6.10 Å². The van der Waals surface area contributed by atoms with Crippen LogP contribution in [0, 0.1) is 5.92 Å². The SMILES string of the molecule is CCOC(=O)OC(C)C(C)C. The lowest BCUT2D eigenvalue weighted by Gasteiger charge is -2.15. The van der Waals surface area contributed by atoms with E-state index in [1.807, 2.05) is 20.8 Å². The van der Waals surface area contributed by atoms with Gasteiger partial charge in [-0.05, 0) is 19.8 Å². The van der Waals surface area contributed by atoms with Crippen LogP contribution in [-0.2, 0) is 9.47 Å². The van der Waals surface area contributed by atoms with Gasteiger partial charge in [0, 0.05) is 0 Å². The van der Waals surface area contributed by atoms with Gasteiger partial charge in [0.2, 0.25) is 0 Å². The molecule has 0 heterocycles. The van der Waals surface area contributed by atoms with Crippen LogP contribution in [0.1, 0.15) is 27.7 Å². The van der Waals surface area contributed by atoms with E-state index in [0.717, 1.165) is 0 Å². The summed E-state index contributed by atoms with van der Waals surface area (Å²) in [6.45, 7) is 7.94. The van der Waals surface area contributed by atoms with Crippen molar-refractivity contribution >= 4 is 6.16 Å². The lowest BCUT2D eigenvalue weighted by Crippen LogP contribution is -2.20. The molecule has 11 heavy (non-hydrogen) atoms. The summed E-state index contributed by atoms with van der Waals surface area (Å²) in [7, 11) is 0. The van der Waals surface area contributed by atoms with Crippen LogP contribution in [-0.4, -0.2) is 18.9 Å². The van der Waals surface area contributed by atoms with E-state index in [4.69, 9.17) is 4.74 Å². The van der Waals surface area contributed by atoms with E-state index < -0.39 is 6.16 Å². The van der Waals surface area contributed by atoms with Gasteiger partial charge in [0.05, 0.1) is 6.61 Å². The van der Waals surface area contributed by atoms with Crippen LogP contribution < -0.4 is 0 Å². The topological polar surface area (TPSA) is 35.5 Å². The van der Waals surface area contributed by atoms with Gasteiger partial charge in [-0.25, -0.2) is 4.79 Å². The van der Waals surface area contributed by atoms with Crippen molar-refractivity contribution in [1.29, 1.82) is 0 Å². The summed E-state index contributed by atoms with van der Waals surface area (Å²) in [5.74, 6) is 0.333. The molecule has 0 fully saturated rings. The Morgan fingerprint density at radius 1 is 1.36 bits per heavy atom. The first kappa shape index (κ1) is 10.3. The zero-order valence-corrected chi connectivity index (χ0v) is 7.59. The molecule has 1 unspecified atom stereocenters. The lowest BCUT2D eigenvalue weighted by atomic mass is 10.1. The first-order chi connectivity index (χ1) is 5.07. The number of ether oxygens (including phenoxy) is 2. The minimum absolute atomic E-state index is 0.0750. The predicted molar refractivity (Wildman–Crippen MR) is 42.4 cm³/mol. The average molecular weight is 160 g/mol. The van der Waals surface area contributed by atoms with Gasteiger partial charge in [0.25, 0.3) is 0 Å². The molecule has 0 spiro atoms. The smallest absolute Gasteiger partial charge is 0.435 e. The summed E-state index contributed by atoms with van der Waals surface area (Å²) in [5, 5.41) is 0. The summed E-state index contributed by atoms with van der Waals surface area (Å²) < 4.78 is 9.49. The first-order valence-electron chi connectivity index (χ1n) is 3.91. The predicted octanol–water partition coefficient (Wildman–Crippen LogP) is 2.20. The molecular weight excluding hydrogens is 144 g/mol. The van der Waals surface area contributed by atoms with E-state index in [9.17, 15) is 4.79 Å². The molecule has 66 valence electrons. The minimum Gasteiger partial charge on any atom is -0.435 e. The molecule has 0 aromatic carbocycles. The monoisotopic (exact) mass is 160 g/mol. The number of rotatable bonds is 3. The van der Waals surface area contributed by atoms with Gasteiger partial charge in [-0.15, -0.1) is 0 Å². The fourth-order valence-electron chi connectivity index (χ4n) is 0.440. The highest BCUT2D eigenvalue weighted by molar-refractivity contribution is 5.59. The normalized spacial score (nSPS) is 12.8. The van der Waals surface area contributed by atoms with Gasteiger partial charge >= 0.3 is 6.16 Å². The number of hydrogen-bond donors (Lipinski definition) is 0. The van der Waals surface area contributed by atoms with Gasteiger partial charge in [0.15, 0.2) is 0 Å². The molecule has 0 rings (SSSR count). The van der Waals surface area contributed by atoms with E-state index in [2.05, 4.69) is 4.74 Å². The third-order valence-corrected chi connectivity index (χ3v) is 1.48. The highest BCUT2D eigenvalue weighted by atomic mass is 16.7. The van der Waals surface area contributed by atoms with E-state index in [-0.39, 0.29) is 6.10 Å². The van der Waals surface area contributed by atoms with Crippen molar-refractivity contribution in [2.75, 3.05) is 6.61 Å². The van der Waals surface area contributed by atoms with Gasteiger partial charge < -0.3 is 9.47 Å². The van der Waals surface area contributed by atoms with Crippen LogP contribution in [0.3, 0.4) is 0 Å². The Balaban J connectivity index is 3.57. The molecule has 0 aliphatic heterocycles. The summed E-state index contributed by atoms with van der Waals surface area (Å²) in [5.41, 5.74) is 0. The summed E-state index contributed by atoms with van der Waals surface area (Å²) in [6.07, 6.45) is -0.650. The van der Waals surface area contributed by atoms with Crippen molar-refractivity contribution < 1.29 is 14.3 Å². The zero-order chi connectivity index (χ0) is 8.85. The molecule has 3 nitrogen and oxygen atoms in total. The van der Waals surface area contributed by atoms with Gasteiger partial charge in [-0.3, -0.25) is 0 Å². The van der Waals surface area contributed by atoms with Crippen LogP contribution in [0.25, 0.3) is 0 Å². The average Bonchev–Trinajstić information content (AvgIpc) is 1.87. The number of hydrogen-bond acceptors (Lipinski definition) is 3. The second kappa shape index (κ2) is 4.99. The van der Waals surface area contributed by atoms with Crippen LogP contribution in [0.5, 0.6) is 0 Å². The second-order valence-corrected chi connectivity index (χ2v) is 2.75. The standard InChI is InChI=1S/C8H16O3/c1-5-10-8(9)11-7(4)6(2)3/h6-7H,5H2,1-4H3. The summed E-state index contributed by atoms with van der Waals surface area (Å²) in [6, 6.07) is 0. The van der Waals surface area contributed by atoms with Crippen molar-refractivity contribution in [1.82, 2.24) is 0 Å². The Bertz CT molecular complexity index is 121. The maximum Gasteiger partial charge on any atom is 0.508 e. The molecule has 0 aromatic heterocycles. The van der Waals surface area contributed by atoms with Gasteiger partial charge in [-0.2, -0.15) is 0 Å². The van der Waals surface area contributed by atoms with E-state index >= 15 is 0 Å². The quantitative estimate of drug-likeness (QED) is 0.594. The highest BCUT2D eigenvalue weighted by Crippen LogP contribution is 2.05. The molecule has 0 amide bonds. The van der Waals surface area contributed by atoms with Crippen LogP contribution in [0.4, 0.5) is 4.79 Å². The minimum atomic E-state index is -0.575. The molecular formula is C8H16O3. The number of carbonyl (C=O) groups excluding carboxylic acids is 1. The van der Waals surface area contributed by atoms with E-state index in [1.165, 1.54) is 0 Å². The van der Waals surface area contributed by atoms with E-state index in [1.54, 1.807) is 6.92 Å². The first-order valence-corrected chi connectivity index (χ1v) is 3.91. The van der Waals surface area contributed by atoms with Crippen molar-refractivity contribution in [3.8, 4) is 0 Å². The molecule has 0 radical (unpaired) electrons. The molecule has 1 atom stereocenters. The molecule has 0 saturated heterocycles. The molecule has 0 bridgehead atoms. The third-order valence-electron chi connectivity index (χ3n) is 1.48. The van der Waals surface area contributed by atoms with Crippen molar-refractivity contribution in [3.05, 3.63) is 0 Å². The molecule has 0 aliphatic carbocycles. The number of carbonyl (C=O) groups is 1. The third kappa shape index (κ3) is 4.65. The Morgan fingerprint density at radius 3 is 2.27 bits per heavy atom. The van der Waals surface area contributed by atoms with Crippen LogP contribution >= 0.6 is 0 Å². The van der Waals surface area contributed by atoms with Crippen molar-refractivity contribution in [2.45, 2.75) is 33.8 Å². The van der Waals surface area contributed by atoms with Crippen molar-refractivity contribution in [2.24, 2.45) is 5.92 Å². The van der Waals surface area contributed by atoms with Crippen molar-refractivity contribution in [3.63, 3.8) is 0 Å². The largest absolute Gasteiger partial charge is 0.508 e. The lowest BCUT2D eigenvalue weighted by molar-refractivity contribution is 0.0174. The molecule has 0 aromatic rings. The Morgan fingerprint density at radius 2 is 1.91 bits per heavy atom. The Hall–Kier alpha value is -0.730. The summed E-state index contributed by atoms with van der Waals surface area (Å²) in [4.78, 5) is 10.7. The molecule has 0 saturated carbocycles. The second-order valence-electron chi connectivity index (χ2n) is 2.75. The highest BCUT2D eigenvalue weighted by Gasteiger charge is 2.12. The van der Waals surface area contributed by atoms with E-state index in [0.29, 0.717) is 12.5 Å². The van der Waals surface area contributed by atoms with Crippen LogP contribution in [0.15, 0.2) is 0 Å². The molecule has 3 heteroatoms. The van der Waals surface area contributed by atoms with Gasteiger partial charge in [-0.1, -0.05) is 13.8 Å². The maximum atomic E-state index is 10.7. The molecule has 0 N–H and O–H groups in total. The fourth-order valence-corrected chi connectivity index (χ4v) is 0.440. The molecule has 0 aliphatic rings. The Kier molecular flexibility index (Phi) is 4.66.